The molecule has 0 aliphatic rings. The van der Waals surface area contributed by atoms with Crippen LogP contribution in [-0.4, -0.2) is 16.1 Å². The van der Waals surface area contributed by atoms with E-state index in [1.807, 2.05) is 48.7 Å². The van der Waals surface area contributed by atoms with E-state index in [4.69, 9.17) is 5.26 Å². The number of nitriles is 1. The fourth-order valence-corrected chi connectivity index (χ4v) is 3.13. The molecule has 4 nitrogen and oxygen atoms in total. The number of fused-ring (bicyclic) bond motifs is 2. The molecule has 4 heteroatoms. The van der Waals surface area contributed by atoms with Gasteiger partial charge in [-0.15, -0.1) is 0 Å². The van der Waals surface area contributed by atoms with Crippen LogP contribution in [0.25, 0.3) is 32.8 Å². The summed E-state index contributed by atoms with van der Waals surface area (Å²) in [6.45, 7) is 0. The van der Waals surface area contributed by atoms with Crippen molar-refractivity contribution < 1.29 is 9.90 Å². The molecule has 0 unspecified atom stereocenters. The number of aromatic amines is 1. The topological polar surface area (TPSA) is 76.9 Å². The second kappa shape index (κ2) is 5.25. The molecule has 114 valence electrons. The second-order valence-electron chi connectivity index (χ2n) is 5.59. The molecule has 3 aromatic carbocycles. The number of carbonyl (C=O) groups is 1. The van der Waals surface area contributed by atoms with Gasteiger partial charge in [-0.05, 0) is 40.6 Å². The van der Waals surface area contributed by atoms with Gasteiger partial charge in [0.2, 0.25) is 0 Å². The van der Waals surface area contributed by atoms with Crippen molar-refractivity contribution in [2.24, 2.45) is 0 Å². The average molecular weight is 312 g/mol. The standard InChI is InChI=1S/C20H12N2O2/c21-10-12-5-8-19-17(9-12)18(11-22-19)15-6-7-16(20(23)24)14-4-2-1-3-13(14)15/h1-9,11,22H,(H,23,24). The lowest BCUT2D eigenvalue weighted by molar-refractivity contribution is 0.0699. The zero-order valence-corrected chi connectivity index (χ0v) is 12.6. The summed E-state index contributed by atoms with van der Waals surface area (Å²) in [5.74, 6) is -0.941. The average Bonchev–Trinajstić information content (AvgIpc) is 3.03. The van der Waals surface area contributed by atoms with Gasteiger partial charge in [0.25, 0.3) is 0 Å². The van der Waals surface area contributed by atoms with Gasteiger partial charge in [0.1, 0.15) is 0 Å². The molecule has 0 aliphatic carbocycles. The molecule has 4 rings (SSSR count). The van der Waals surface area contributed by atoms with Crippen LogP contribution >= 0.6 is 0 Å². The molecule has 4 aromatic rings. The number of aromatic nitrogens is 1. The molecule has 1 heterocycles. The van der Waals surface area contributed by atoms with Gasteiger partial charge in [0.05, 0.1) is 17.2 Å². The first-order chi connectivity index (χ1) is 11.7. The summed E-state index contributed by atoms with van der Waals surface area (Å²) in [5.41, 5.74) is 3.71. The summed E-state index contributed by atoms with van der Waals surface area (Å²) in [6.07, 6.45) is 1.90. The highest BCUT2D eigenvalue weighted by molar-refractivity contribution is 6.11. The van der Waals surface area contributed by atoms with Crippen molar-refractivity contribution in [1.82, 2.24) is 4.98 Å². The number of carboxylic acid groups (broad SMARTS) is 1. The number of carboxylic acids is 1. The summed E-state index contributed by atoms with van der Waals surface area (Å²) in [6, 6.07) is 18.6. The van der Waals surface area contributed by atoms with Crippen molar-refractivity contribution in [3.05, 3.63) is 71.9 Å². The van der Waals surface area contributed by atoms with Crippen LogP contribution in [0.1, 0.15) is 15.9 Å². The zero-order valence-electron chi connectivity index (χ0n) is 12.6. The van der Waals surface area contributed by atoms with Crippen molar-refractivity contribution in [2.45, 2.75) is 0 Å². The second-order valence-corrected chi connectivity index (χ2v) is 5.59. The Morgan fingerprint density at radius 2 is 1.75 bits per heavy atom. The highest BCUT2D eigenvalue weighted by atomic mass is 16.4. The Morgan fingerprint density at radius 3 is 2.50 bits per heavy atom. The zero-order chi connectivity index (χ0) is 16.7. The number of benzene rings is 3. The largest absolute Gasteiger partial charge is 0.478 e. The van der Waals surface area contributed by atoms with Crippen LogP contribution in [0.3, 0.4) is 0 Å². The number of nitrogens with one attached hydrogen (secondary N) is 1. The van der Waals surface area contributed by atoms with E-state index in [1.54, 1.807) is 12.1 Å². The molecule has 0 atom stereocenters. The minimum absolute atomic E-state index is 0.284. The summed E-state index contributed by atoms with van der Waals surface area (Å²) in [5, 5.41) is 21.1. The lowest BCUT2D eigenvalue weighted by Crippen LogP contribution is -1.97. The van der Waals surface area contributed by atoms with Crippen molar-refractivity contribution in [3.8, 4) is 17.2 Å². The van der Waals surface area contributed by atoms with E-state index >= 15 is 0 Å². The SMILES string of the molecule is N#Cc1ccc2[nH]cc(-c3ccc(C(=O)O)c4ccccc34)c2c1. The lowest BCUT2D eigenvalue weighted by atomic mass is 9.94. The van der Waals surface area contributed by atoms with Gasteiger partial charge >= 0.3 is 5.97 Å². The number of H-pyrrole nitrogens is 1. The first-order valence-electron chi connectivity index (χ1n) is 7.45. The lowest BCUT2D eigenvalue weighted by Gasteiger charge is -2.09. The third-order valence-corrected chi connectivity index (χ3v) is 4.26. The normalized spacial score (nSPS) is 10.8. The molecule has 0 saturated heterocycles. The van der Waals surface area contributed by atoms with E-state index in [0.29, 0.717) is 10.9 Å². The monoisotopic (exact) mass is 312 g/mol. The molecule has 0 radical (unpaired) electrons. The quantitative estimate of drug-likeness (QED) is 0.569. The molecule has 0 spiro atoms. The smallest absolute Gasteiger partial charge is 0.336 e. The molecular weight excluding hydrogens is 300 g/mol. The molecule has 0 saturated carbocycles. The molecular formula is C20H12N2O2. The fourth-order valence-electron chi connectivity index (χ4n) is 3.13. The Balaban J connectivity index is 2.06. The van der Waals surface area contributed by atoms with Crippen LogP contribution < -0.4 is 0 Å². The molecule has 24 heavy (non-hydrogen) atoms. The number of hydrogen-bond donors (Lipinski definition) is 2. The minimum atomic E-state index is -0.941. The maximum absolute atomic E-state index is 11.5. The first kappa shape index (κ1) is 14.0. The van der Waals surface area contributed by atoms with E-state index in [9.17, 15) is 9.90 Å². The van der Waals surface area contributed by atoms with Crippen molar-refractivity contribution >= 4 is 27.6 Å². The molecule has 0 fully saturated rings. The minimum Gasteiger partial charge on any atom is -0.478 e. The van der Waals surface area contributed by atoms with Gasteiger partial charge in [0, 0.05) is 22.7 Å². The van der Waals surface area contributed by atoms with Gasteiger partial charge in [-0.25, -0.2) is 4.79 Å². The van der Waals surface area contributed by atoms with Crippen LogP contribution in [-0.2, 0) is 0 Å². The van der Waals surface area contributed by atoms with Gasteiger partial charge in [-0.3, -0.25) is 0 Å². The Bertz CT molecular complexity index is 1150. The van der Waals surface area contributed by atoms with Gasteiger partial charge in [0.15, 0.2) is 0 Å². The van der Waals surface area contributed by atoms with E-state index in [1.165, 1.54) is 0 Å². The number of aromatic carboxylic acids is 1. The maximum Gasteiger partial charge on any atom is 0.336 e. The third kappa shape index (κ3) is 2.03. The Hall–Kier alpha value is -3.58. The predicted octanol–water partition coefficient (Wildman–Crippen LogP) is 4.56. The van der Waals surface area contributed by atoms with Crippen LogP contribution in [0.4, 0.5) is 0 Å². The van der Waals surface area contributed by atoms with Gasteiger partial charge in [-0.2, -0.15) is 5.26 Å². The molecule has 2 N–H and O–H groups in total. The van der Waals surface area contributed by atoms with Crippen LogP contribution in [0.5, 0.6) is 0 Å². The molecule has 0 amide bonds. The van der Waals surface area contributed by atoms with Crippen LogP contribution in [0, 0.1) is 11.3 Å². The van der Waals surface area contributed by atoms with E-state index < -0.39 is 5.97 Å². The van der Waals surface area contributed by atoms with Crippen LogP contribution in [0.2, 0.25) is 0 Å². The first-order valence-corrected chi connectivity index (χ1v) is 7.45. The maximum atomic E-state index is 11.5. The number of nitrogens with zero attached hydrogens (tertiary/aromatic N) is 1. The highest BCUT2D eigenvalue weighted by Crippen LogP contribution is 2.35. The molecule has 1 aromatic heterocycles. The van der Waals surface area contributed by atoms with Gasteiger partial charge < -0.3 is 10.1 Å². The Labute approximate surface area is 137 Å². The number of hydrogen-bond acceptors (Lipinski definition) is 2. The Morgan fingerprint density at radius 1 is 0.958 bits per heavy atom. The summed E-state index contributed by atoms with van der Waals surface area (Å²) in [7, 11) is 0. The van der Waals surface area contributed by atoms with Crippen molar-refractivity contribution in [3.63, 3.8) is 0 Å². The highest BCUT2D eigenvalue weighted by Gasteiger charge is 2.14. The predicted molar refractivity (Wildman–Crippen MR) is 92.9 cm³/mol. The number of rotatable bonds is 2. The fraction of sp³-hybridized carbons (Fsp3) is 0. The van der Waals surface area contributed by atoms with E-state index in [0.717, 1.165) is 27.4 Å². The van der Waals surface area contributed by atoms with E-state index in [2.05, 4.69) is 11.1 Å². The summed E-state index contributed by atoms with van der Waals surface area (Å²) >= 11 is 0. The van der Waals surface area contributed by atoms with Crippen LogP contribution in [0.15, 0.2) is 60.8 Å². The van der Waals surface area contributed by atoms with E-state index in [-0.39, 0.29) is 5.56 Å². The van der Waals surface area contributed by atoms with Crippen molar-refractivity contribution in [1.29, 1.82) is 5.26 Å². The third-order valence-electron chi connectivity index (χ3n) is 4.26. The molecule has 0 aliphatic heterocycles. The van der Waals surface area contributed by atoms with Gasteiger partial charge in [-0.1, -0.05) is 30.3 Å². The summed E-state index contributed by atoms with van der Waals surface area (Å²) < 4.78 is 0. The van der Waals surface area contributed by atoms with Crippen molar-refractivity contribution in [2.75, 3.05) is 0 Å². The molecule has 0 bridgehead atoms. The Kier molecular flexibility index (Phi) is 3.07. The summed E-state index contributed by atoms with van der Waals surface area (Å²) in [4.78, 5) is 14.7.